The molecule has 176 valence electrons. The predicted molar refractivity (Wildman–Crippen MR) is 114 cm³/mol. The van der Waals surface area contributed by atoms with Crippen LogP contribution < -0.4 is 0 Å². The molecule has 5 unspecified atom stereocenters. The largest absolute Gasteiger partial charge is 0.461 e. The molecule has 6 heteroatoms. The van der Waals surface area contributed by atoms with Crippen molar-refractivity contribution < 1.29 is 28.6 Å². The van der Waals surface area contributed by atoms with Gasteiger partial charge in [0.15, 0.2) is 0 Å². The van der Waals surface area contributed by atoms with Gasteiger partial charge in [0.1, 0.15) is 17.8 Å². The molecule has 0 radical (unpaired) electrons. The molecule has 6 saturated carbocycles. The lowest BCUT2D eigenvalue weighted by molar-refractivity contribution is -0.209. The van der Waals surface area contributed by atoms with Crippen LogP contribution in [0.25, 0.3) is 0 Å². The lowest BCUT2D eigenvalue weighted by Crippen LogP contribution is -2.58. The normalized spacial score (nSPS) is 49.9. The Morgan fingerprint density at radius 2 is 1.66 bits per heavy atom. The molecule has 0 N–H and O–H groups in total. The molecule has 1 saturated heterocycles. The smallest absolute Gasteiger partial charge is 0.311 e. The highest BCUT2D eigenvalue weighted by Gasteiger charge is 2.72. The number of ether oxygens (including phenoxy) is 3. The average Bonchev–Trinajstić information content (AvgIpc) is 3.29. The standard InChI is InChI=1S/C26H36O6/c1-24(2,3)23(29)30-12-26-11-15-10-18(26)20(22(28)32-26)19(15)21(27)31-25(4)16-6-13-5-14(8-16)9-17(25)7-13/h13-20H,5-12H2,1-4H3. The lowest BCUT2D eigenvalue weighted by Gasteiger charge is -2.59. The van der Waals surface area contributed by atoms with E-state index >= 15 is 0 Å². The van der Waals surface area contributed by atoms with E-state index in [1.54, 1.807) is 0 Å². The van der Waals surface area contributed by atoms with Gasteiger partial charge in [-0.1, -0.05) is 0 Å². The average molecular weight is 445 g/mol. The van der Waals surface area contributed by atoms with Crippen LogP contribution in [0.5, 0.6) is 0 Å². The van der Waals surface area contributed by atoms with E-state index in [1.165, 1.54) is 32.1 Å². The summed E-state index contributed by atoms with van der Waals surface area (Å²) in [5.41, 5.74) is -1.73. The first-order valence-electron chi connectivity index (χ1n) is 12.6. The summed E-state index contributed by atoms with van der Waals surface area (Å²) < 4.78 is 17.8. The molecule has 5 atom stereocenters. The fourth-order valence-corrected chi connectivity index (χ4v) is 8.72. The van der Waals surface area contributed by atoms with Gasteiger partial charge >= 0.3 is 17.9 Å². The van der Waals surface area contributed by atoms with Crippen LogP contribution in [0.3, 0.4) is 0 Å². The van der Waals surface area contributed by atoms with Crippen LogP contribution in [0.1, 0.15) is 72.6 Å². The second kappa shape index (κ2) is 6.50. The summed E-state index contributed by atoms with van der Waals surface area (Å²) in [5.74, 6) is 0.928. The summed E-state index contributed by atoms with van der Waals surface area (Å²) in [6, 6.07) is 0. The van der Waals surface area contributed by atoms with Crippen LogP contribution in [0.15, 0.2) is 0 Å². The number of carbonyl (C=O) groups excluding carboxylic acids is 3. The van der Waals surface area contributed by atoms with E-state index in [0.717, 1.165) is 18.3 Å². The Labute approximate surface area is 190 Å². The topological polar surface area (TPSA) is 78.9 Å². The second-order valence-electron chi connectivity index (χ2n) is 13.1. The number of esters is 3. The first-order chi connectivity index (χ1) is 15.0. The molecule has 0 aromatic rings. The Kier molecular flexibility index (Phi) is 4.26. The molecule has 6 bridgehead atoms. The molecule has 7 fully saturated rings. The van der Waals surface area contributed by atoms with Gasteiger partial charge in [-0.3, -0.25) is 14.4 Å². The van der Waals surface area contributed by atoms with Gasteiger partial charge < -0.3 is 14.2 Å². The zero-order valence-corrected chi connectivity index (χ0v) is 19.7. The molecule has 7 rings (SSSR count). The predicted octanol–water partition coefficient (Wildman–Crippen LogP) is 3.90. The maximum Gasteiger partial charge on any atom is 0.311 e. The Morgan fingerprint density at radius 1 is 1.03 bits per heavy atom. The van der Waals surface area contributed by atoms with Crippen molar-refractivity contribution in [2.24, 2.45) is 52.8 Å². The fraction of sp³-hybridized carbons (Fsp3) is 0.885. The molecule has 6 aliphatic carbocycles. The van der Waals surface area contributed by atoms with Crippen LogP contribution in [0.4, 0.5) is 0 Å². The van der Waals surface area contributed by atoms with Crippen molar-refractivity contribution in [2.75, 3.05) is 6.61 Å². The van der Waals surface area contributed by atoms with Gasteiger partial charge in [0.2, 0.25) is 0 Å². The number of rotatable bonds is 4. The molecule has 7 aliphatic rings. The minimum Gasteiger partial charge on any atom is -0.461 e. The summed E-state index contributed by atoms with van der Waals surface area (Å²) in [4.78, 5) is 38.7. The molecule has 32 heavy (non-hydrogen) atoms. The summed E-state index contributed by atoms with van der Waals surface area (Å²) in [5, 5.41) is 0. The molecule has 1 heterocycles. The van der Waals surface area contributed by atoms with E-state index < -0.39 is 22.9 Å². The third-order valence-electron chi connectivity index (χ3n) is 10.2. The Balaban J connectivity index is 1.17. The Hall–Kier alpha value is -1.59. The summed E-state index contributed by atoms with van der Waals surface area (Å²) >= 11 is 0. The minimum absolute atomic E-state index is 0.0587. The monoisotopic (exact) mass is 444 g/mol. The number of hydrogen-bond acceptors (Lipinski definition) is 6. The third kappa shape index (κ3) is 2.79. The zero-order valence-electron chi connectivity index (χ0n) is 19.7. The summed E-state index contributed by atoms with van der Waals surface area (Å²) in [7, 11) is 0. The molecular weight excluding hydrogens is 408 g/mol. The maximum absolute atomic E-state index is 13.6. The molecule has 6 nitrogen and oxygen atoms in total. The van der Waals surface area contributed by atoms with Gasteiger partial charge in [-0.25, -0.2) is 0 Å². The Morgan fingerprint density at radius 3 is 2.25 bits per heavy atom. The van der Waals surface area contributed by atoms with E-state index in [0.29, 0.717) is 18.3 Å². The number of carbonyl (C=O) groups is 3. The van der Waals surface area contributed by atoms with E-state index in [1.807, 2.05) is 20.8 Å². The van der Waals surface area contributed by atoms with Gasteiger partial charge in [0, 0.05) is 5.92 Å². The van der Waals surface area contributed by atoms with Crippen molar-refractivity contribution in [3.8, 4) is 0 Å². The van der Waals surface area contributed by atoms with Gasteiger partial charge in [-0.15, -0.1) is 0 Å². The van der Waals surface area contributed by atoms with E-state index in [2.05, 4.69) is 6.92 Å². The first kappa shape index (κ1) is 21.0. The van der Waals surface area contributed by atoms with Crippen molar-refractivity contribution in [3.63, 3.8) is 0 Å². The first-order valence-corrected chi connectivity index (χ1v) is 12.6. The van der Waals surface area contributed by atoms with Crippen molar-refractivity contribution in [1.82, 2.24) is 0 Å². The van der Waals surface area contributed by atoms with Crippen molar-refractivity contribution >= 4 is 17.9 Å². The second-order valence-corrected chi connectivity index (χ2v) is 13.1. The SMILES string of the molecule is CC(C)(C)C(=O)OCC12CC3CC1C(C(=O)O2)C3C(=O)OC1(C)C2CC3CC(C2)CC1C3. The quantitative estimate of drug-likeness (QED) is 0.483. The van der Waals surface area contributed by atoms with E-state index in [4.69, 9.17) is 14.2 Å². The van der Waals surface area contributed by atoms with Crippen LogP contribution in [0, 0.1) is 52.8 Å². The fourth-order valence-electron chi connectivity index (χ4n) is 8.72. The minimum atomic E-state index is -0.753. The molecule has 0 aromatic heterocycles. The highest BCUT2D eigenvalue weighted by atomic mass is 16.6. The lowest BCUT2D eigenvalue weighted by atomic mass is 9.50. The van der Waals surface area contributed by atoms with Crippen LogP contribution in [-0.2, 0) is 28.6 Å². The number of hydrogen-bond donors (Lipinski definition) is 0. The van der Waals surface area contributed by atoms with Crippen LogP contribution in [-0.4, -0.2) is 35.7 Å². The highest BCUT2D eigenvalue weighted by Crippen LogP contribution is 2.64. The van der Waals surface area contributed by atoms with E-state index in [9.17, 15) is 14.4 Å². The van der Waals surface area contributed by atoms with Crippen molar-refractivity contribution in [1.29, 1.82) is 0 Å². The molecule has 0 amide bonds. The Bertz CT molecular complexity index is 842. The molecule has 0 aromatic carbocycles. The van der Waals surface area contributed by atoms with Gasteiger partial charge in [-0.2, -0.15) is 0 Å². The molecule has 0 spiro atoms. The summed E-state index contributed by atoms with van der Waals surface area (Å²) in [6.07, 6.45) is 7.45. The molecular formula is C26H36O6. The van der Waals surface area contributed by atoms with Gasteiger partial charge in [-0.05, 0) is 102 Å². The van der Waals surface area contributed by atoms with Crippen LogP contribution >= 0.6 is 0 Å². The highest BCUT2D eigenvalue weighted by molar-refractivity contribution is 5.86. The van der Waals surface area contributed by atoms with E-state index in [-0.39, 0.29) is 42.0 Å². The maximum atomic E-state index is 13.6. The van der Waals surface area contributed by atoms with Crippen molar-refractivity contribution in [2.45, 2.75) is 83.8 Å². The number of fused-ring (bicyclic) bond motifs is 1. The third-order valence-corrected chi connectivity index (χ3v) is 10.2. The zero-order chi connectivity index (χ0) is 22.6. The van der Waals surface area contributed by atoms with Crippen LogP contribution in [0.2, 0.25) is 0 Å². The molecule has 1 aliphatic heterocycles. The van der Waals surface area contributed by atoms with Gasteiger partial charge in [0.05, 0.1) is 17.3 Å². The van der Waals surface area contributed by atoms with Gasteiger partial charge in [0.25, 0.3) is 0 Å². The summed E-state index contributed by atoms with van der Waals surface area (Å²) in [6.45, 7) is 7.70. The van der Waals surface area contributed by atoms with Crippen molar-refractivity contribution in [3.05, 3.63) is 0 Å².